The van der Waals surface area contributed by atoms with Gasteiger partial charge in [0.05, 0.1) is 0 Å². The number of benzene rings is 1. The average molecular weight is 183 g/mol. The Morgan fingerprint density at radius 3 is 2.58 bits per heavy atom. The predicted octanol–water partition coefficient (Wildman–Crippen LogP) is 2.31. The lowest BCUT2D eigenvalue weighted by Crippen LogP contribution is -2.08. The van der Waals surface area contributed by atoms with Crippen molar-refractivity contribution in [3.8, 4) is 0 Å². The molecule has 1 aromatic rings. The predicted molar refractivity (Wildman–Crippen MR) is 53.4 cm³/mol. The molecule has 0 aliphatic heterocycles. The smallest absolute Gasteiger partial charge is 0.0406 e. The van der Waals surface area contributed by atoms with Gasteiger partial charge in [0.15, 0.2) is 0 Å². The summed E-state index contributed by atoms with van der Waals surface area (Å²) in [7, 11) is 1.94. The molecule has 0 amide bonds. The van der Waals surface area contributed by atoms with Gasteiger partial charge in [-0.2, -0.15) is 0 Å². The van der Waals surface area contributed by atoms with Crippen LogP contribution in [-0.2, 0) is 6.42 Å². The van der Waals surface area contributed by atoms with Gasteiger partial charge in [-0.05, 0) is 44.1 Å². The van der Waals surface area contributed by atoms with E-state index in [2.05, 4.69) is 23.9 Å². The van der Waals surface area contributed by atoms with E-state index in [-0.39, 0.29) is 0 Å². The van der Waals surface area contributed by atoms with Crippen LogP contribution >= 0.6 is 11.6 Å². The molecule has 1 rings (SSSR count). The van der Waals surface area contributed by atoms with Crippen molar-refractivity contribution in [2.75, 3.05) is 13.6 Å². The summed E-state index contributed by atoms with van der Waals surface area (Å²) in [6.07, 6.45) is 3.20. The molecule has 0 saturated carbocycles. The van der Waals surface area contributed by atoms with Crippen LogP contribution in [0.2, 0.25) is 5.02 Å². The van der Waals surface area contributed by atoms with Gasteiger partial charge in [-0.25, -0.2) is 0 Å². The highest BCUT2D eigenvalue weighted by molar-refractivity contribution is 6.30. The Balaban J connectivity index is 2.37. The summed E-state index contributed by atoms with van der Waals surface area (Å²) in [4.78, 5) is 0. The van der Waals surface area contributed by atoms with Gasteiger partial charge in [-0.1, -0.05) is 23.7 Å². The van der Waals surface area contributed by atoms with Crippen molar-refractivity contribution < 1.29 is 0 Å². The molecule has 2 heteroatoms. The summed E-state index contributed by atoms with van der Waals surface area (Å²) < 4.78 is 0. The topological polar surface area (TPSA) is 12.0 Å². The fourth-order valence-electron chi connectivity index (χ4n) is 1.00. The highest BCUT2D eigenvalue weighted by atomic mass is 35.5. The zero-order valence-corrected chi connectivity index (χ0v) is 7.93. The van der Waals surface area contributed by atoms with Gasteiger partial charge >= 0.3 is 0 Å². The zero-order chi connectivity index (χ0) is 8.81. The minimum atomic E-state index is 0.798. The lowest BCUT2D eigenvalue weighted by atomic mass is 10.1. The van der Waals surface area contributed by atoms with E-state index in [1.54, 1.807) is 0 Å². The maximum atomic E-state index is 5.75. The third-order valence-corrected chi connectivity index (χ3v) is 1.89. The van der Waals surface area contributed by atoms with Crippen LogP contribution in [0.3, 0.4) is 0 Å². The van der Waals surface area contributed by atoms with E-state index in [0.29, 0.717) is 0 Å². The van der Waals surface area contributed by atoms with Gasteiger partial charge in [-0.3, -0.25) is 0 Å². The second-order valence-corrected chi connectivity index (χ2v) is 3.11. The largest absolute Gasteiger partial charge is 0.319 e. The van der Waals surface area contributed by atoms with E-state index in [9.17, 15) is 0 Å². The van der Waals surface area contributed by atoms with E-state index >= 15 is 0 Å². The molecule has 0 heterocycles. The first kappa shape index (κ1) is 9.56. The molecule has 65 valence electrons. The lowest BCUT2D eigenvalue weighted by molar-refractivity contribution is 0.849. The van der Waals surface area contributed by atoms with Gasteiger partial charge < -0.3 is 5.32 Å². The Labute approximate surface area is 78.7 Å². The summed E-state index contributed by atoms with van der Waals surface area (Å²) in [6.45, 7) is 0.947. The lowest BCUT2D eigenvalue weighted by Gasteiger charge is -2.00. The molecule has 0 unspecified atom stereocenters. The van der Waals surface area contributed by atoms with E-state index in [1.165, 1.54) is 5.56 Å². The van der Waals surface area contributed by atoms with Gasteiger partial charge in [-0.15, -0.1) is 0 Å². The molecule has 1 aromatic carbocycles. The Bertz CT molecular complexity index is 218. The van der Waals surface area contributed by atoms with Crippen LogP contribution in [0.25, 0.3) is 0 Å². The van der Waals surface area contributed by atoms with Crippen molar-refractivity contribution >= 4 is 11.6 Å². The van der Waals surface area contributed by atoms with Crippen LogP contribution in [-0.4, -0.2) is 13.6 Å². The number of hydrogen-bond acceptors (Lipinski definition) is 1. The average Bonchev–Trinajstić information content (AvgIpc) is 2.09. The number of nitrogens with one attached hydrogen (secondary N) is 1. The maximum Gasteiger partial charge on any atom is 0.0406 e. The molecule has 0 atom stereocenters. The molecule has 0 aromatic heterocycles. The van der Waals surface area contributed by atoms with Crippen LogP contribution in [0.5, 0.6) is 0 Å². The molecule has 12 heavy (non-hydrogen) atoms. The minimum absolute atomic E-state index is 0.798. The third-order valence-electron chi connectivity index (χ3n) is 1.64. The van der Waals surface area contributed by atoms with Crippen LogP contribution in [0, 0.1) is 6.42 Å². The summed E-state index contributed by atoms with van der Waals surface area (Å²) in [5.41, 5.74) is 1.30. The second-order valence-electron chi connectivity index (χ2n) is 2.68. The fraction of sp³-hybridized carbons (Fsp3) is 0.300. The van der Waals surface area contributed by atoms with Gasteiger partial charge in [0.1, 0.15) is 0 Å². The maximum absolute atomic E-state index is 5.75. The van der Waals surface area contributed by atoms with Gasteiger partial charge in [0, 0.05) is 5.02 Å². The summed E-state index contributed by atoms with van der Waals surface area (Å²) in [5, 5.41) is 3.87. The molecule has 1 nitrogen and oxygen atoms in total. The molecule has 0 bridgehead atoms. The van der Waals surface area contributed by atoms with Gasteiger partial charge in [0.25, 0.3) is 0 Å². The van der Waals surface area contributed by atoms with Crippen molar-refractivity contribution in [2.45, 2.75) is 6.42 Å². The van der Waals surface area contributed by atoms with E-state index < -0.39 is 0 Å². The number of hydrogen-bond donors (Lipinski definition) is 1. The molecule has 0 aliphatic carbocycles. The molecular formula is C10H13ClN. The minimum Gasteiger partial charge on any atom is -0.319 e. The standard InChI is InChI=1S/C10H13ClN/c1-12-8-2-3-9-4-6-10(11)7-5-9/h2,4-7,12H,3,8H2,1H3. The van der Waals surface area contributed by atoms with Crippen molar-refractivity contribution in [1.82, 2.24) is 5.32 Å². The Kier molecular flexibility index (Phi) is 4.12. The molecular weight excluding hydrogens is 170 g/mol. The van der Waals surface area contributed by atoms with Crippen LogP contribution in [0.1, 0.15) is 5.56 Å². The quantitative estimate of drug-likeness (QED) is 0.705. The van der Waals surface area contributed by atoms with E-state index in [1.807, 2.05) is 19.2 Å². The first-order chi connectivity index (χ1) is 5.83. The number of halogens is 1. The number of rotatable bonds is 4. The molecule has 0 fully saturated rings. The Hall–Kier alpha value is -0.530. The highest BCUT2D eigenvalue weighted by Gasteiger charge is 1.92. The van der Waals surface area contributed by atoms with E-state index in [4.69, 9.17) is 11.6 Å². The van der Waals surface area contributed by atoms with E-state index in [0.717, 1.165) is 18.0 Å². The van der Waals surface area contributed by atoms with Crippen molar-refractivity contribution in [2.24, 2.45) is 0 Å². The first-order valence-electron chi connectivity index (χ1n) is 4.03. The molecule has 0 saturated heterocycles. The highest BCUT2D eigenvalue weighted by Crippen LogP contribution is 2.10. The normalized spacial score (nSPS) is 10.2. The van der Waals surface area contributed by atoms with Crippen molar-refractivity contribution in [1.29, 1.82) is 0 Å². The summed E-state index contributed by atoms with van der Waals surface area (Å²) in [5.74, 6) is 0. The summed E-state index contributed by atoms with van der Waals surface area (Å²) >= 11 is 5.75. The molecule has 0 aliphatic rings. The van der Waals surface area contributed by atoms with Gasteiger partial charge in [0.2, 0.25) is 0 Å². The SMILES string of the molecule is CNC[CH]Cc1ccc(Cl)cc1. The Morgan fingerprint density at radius 1 is 1.33 bits per heavy atom. The van der Waals surface area contributed by atoms with Crippen molar-refractivity contribution in [3.05, 3.63) is 41.3 Å². The van der Waals surface area contributed by atoms with Crippen LogP contribution in [0.15, 0.2) is 24.3 Å². The molecule has 0 spiro atoms. The molecule has 1 N–H and O–H groups in total. The molecule has 1 radical (unpaired) electrons. The Morgan fingerprint density at radius 2 is 2.00 bits per heavy atom. The third kappa shape index (κ3) is 3.24. The van der Waals surface area contributed by atoms with Crippen LogP contribution in [0.4, 0.5) is 0 Å². The summed E-state index contributed by atoms with van der Waals surface area (Å²) in [6, 6.07) is 7.94. The van der Waals surface area contributed by atoms with Crippen molar-refractivity contribution in [3.63, 3.8) is 0 Å². The van der Waals surface area contributed by atoms with Crippen LogP contribution < -0.4 is 5.32 Å². The first-order valence-corrected chi connectivity index (χ1v) is 4.41. The fourth-order valence-corrected chi connectivity index (χ4v) is 1.13. The second kappa shape index (κ2) is 5.18. The zero-order valence-electron chi connectivity index (χ0n) is 7.18. The monoisotopic (exact) mass is 182 g/mol.